The molecule has 0 atom stereocenters. The quantitative estimate of drug-likeness (QED) is 0.841. The Morgan fingerprint density at radius 2 is 2.00 bits per heavy atom. The predicted molar refractivity (Wildman–Crippen MR) is 62.6 cm³/mol. The van der Waals surface area contributed by atoms with Crippen molar-refractivity contribution in [3.63, 3.8) is 0 Å². The lowest BCUT2D eigenvalue weighted by molar-refractivity contribution is -0.139. The van der Waals surface area contributed by atoms with E-state index in [1.54, 1.807) is 6.20 Å². The van der Waals surface area contributed by atoms with Gasteiger partial charge in [-0.1, -0.05) is 12.1 Å². The maximum Gasteiger partial charge on any atom is 0.419 e. The summed E-state index contributed by atoms with van der Waals surface area (Å²) < 4.78 is 43.3. The molecule has 6 heteroatoms. The van der Waals surface area contributed by atoms with E-state index in [-0.39, 0.29) is 12.4 Å². The van der Waals surface area contributed by atoms with E-state index in [0.717, 1.165) is 16.0 Å². The van der Waals surface area contributed by atoms with Crippen LogP contribution in [0.2, 0.25) is 0 Å². The largest absolute Gasteiger partial charge is 0.487 e. The molecule has 0 radical (unpaired) electrons. The highest BCUT2D eigenvalue weighted by Crippen LogP contribution is 2.36. The molecule has 0 aliphatic rings. The molecule has 1 aromatic heterocycles. The van der Waals surface area contributed by atoms with Gasteiger partial charge in [0.2, 0.25) is 0 Å². The zero-order chi connectivity index (χ0) is 13.2. The van der Waals surface area contributed by atoms with Gasteiger partial charge in [-0.25, -0.2) is 4.98 Å². The second-order valence-electron chi connectivity index (χ2n) is 3.63. The van der Waals surface area contributed by atoms with E-state index in [1.165, 1.54) is 29.5 Å². The number of thiazole rings is 1. The Morgan fingerprint density at radius 3 is 2.61 bits per heavy atom. The Balaban J connectivity index is 2.14. The molecule has 2 rings (SSSR count). The Hall–Kier alpha value is -1.56. The van der Waals surface area contributed by atoms with Crippen LogP contribution in [0, 0.1) is 6.92 Å². The summed E-state index contributed by atoms with van der Waals surface area (Å²) in [5.74, 6) is -0.156. The van der Waals surface area contributed by atoms with Crippen LogP contribution in [-0.2, 0) is 12.8 Å². The monoisotopic (exact) mass is 273 g/mol. The van der Waals surface area contributed by atoms with Crippen LogP contribution in [0.25, 0.3) is 0 Å². The number of hydrogen-bond donors (Lipinski definition) is 0. The van der Waals surface area contributed by atoms with Gasteiger partial charge >= 0.3 is 6.18 Å². The normalized spacial score (nSPS) is 11.6. The van der Waals surface area contributed by atoms with Crippen LogP contribution in [0.3, 0.4) is 0 Å². The van der Waals surface area contributed by atoms with Crippen molar-refractivity contribution in [2.45, 2.75) is 19.7 Å². The summed E-state index contributed by atoms with van der Waals surface area (Å²) in [7, 11) is 0. The summed E-state index contributed by atoms with van der Waals surface area (Å²) in [4.78, 5) is 4.81. The average Bonchev–Trinajstić information content (AvgIpc) is 2.72. The topological polar surface area (TPSA) is 22.1 Å². The minimum Gasteiger partial charge on any atom is -0.487 e. The second-order valence-corrected chi connectivity index (χ2v) is 4.95. The summed E-state index contributed by atoms with van der Waals surface area (Å²) in [6, 6.07) is 5.18. The van der Waals surface area contributed by atoms with E-state index >= 15 is 0 Å². The summed E-state index contributed by atoms with van der Waals surface area (Å²) in [6.45, 7) is 1.93. The molecule has 0 saturated carbocycles. The van der Waals surface area contributed by atoms with E-state index in [1.807, 2.05) is 6.92 Å². The maximum atomic E-state index is 12.7. The molecular formula is C12H10F3NOS. The van der Waals surface area contributed by atoms with Crippen molar-refractivity contribution in [3.8, 4) is 5.75 Å². The van der Waals surface area contributed by atoms with E-state index in [2.05, 4.69) is 4.98 Å². The highest BCUT2D eigenvalue weighted by molar-refractivity contribution is 7.11. The fourth-order valence-electron chi connectivity index (χ4n) is 1.45. The summed E-state index contributed by atoms with van der Waals surface area (Å²) in [6.07, 6.45) is -2.80. The Morgan fingerprint density at radius 1 is 1.28 bits per heavy atom. The first-order valence-corrected chi connectivity index (χ1v) is 5.99. The molecule has 0 amide bonds. The fraction of sp³-hybridized carbons (Fsp3) is 0.250. The molecular weight excluding hydrogens is 263 g/mol. The summed E-state index contributed by atoms with van der Waals surface area (Å²) in [5.41, 5.74) is -0.758. The number of hydrogen-bond acceptors (Lipinski definition) is 3. The molecule has 0 unspecified atom stereocenters. The van der Waals surface area contributed by atoms with Crippen LogP contribution in [0.5, 0.6) is 5.75 Å². The molecule has 2 nitrogen and oxygen atoms in total. The van der Waals surface area contributed by atoms with Crippen molar-refractivity contribution in [1.82, 2.24) is 4.98 Å². The van der Waals surface area contributed by atoms with Gasteiger partial charge in [0.15, 0.2) is 0 Å². The predicted octanol–water partition coefficient (Wildman–Crippen LogP) is 4.05. The van der Waals surface area contributed by atoms with Gasteiger partial charge in [0.1, 0.15) is 12.4 Å². The summed E-state index contributed by atoms with van der Waals surface area (Å²) in [5, 5.41) is 0.859. The smallest absolute Gasteiger partial charge is 0.419 e. The van der Waals surface area contributed by atoms with Crippen molar-refractivity contribution in [3.05, 3.63) is 45.9 Å². The fourth-order valence-corrected chi connectivity index (χ4v) is 2.16. The van der Waals surface area contributed by atoms with Crippen LogP contribution in [0.15, 0.2) is 30.5 Å². The Labute approximate surface area is 106 Å². The first-order valence-electron chi connectivity index (χ1n) is 5.17. The number of nitrogens with zero attached hydrogens (tertiary/aromatic N) is 1. The molecule has 0 N–H and O–H groups in total. The number of aromatic nitrogens is 1. The zero-order valence-corrected chi connectivity index (χ0v) is 10.3. The lowest BCUT2D eigenvalue weighted by Gasteiger charge is -2.12. The lowest BCUT2D eigenvalue weighted by atomic mass is 10.2. The number of rotatable bonds is 3. The highest BCUT2D eigenvalue weighted by atomic mass is 32.1. The molecule has 0 fully saturated rings. The first-order chi connectivity index (χ1) is 8.47. The minimum atomic E-state index is -4.40. The van der Waals surface area contributed by atoms with Gasteiger partial charge in [-0.15, -0.1) is 11.3 Å². The minimum absolute atomic E-state index is 0.0958. The van der Waals surface area contributed by atoms with E-state index in [4.69, 9.17) is 4.74 Å². The molecule has 0 aliphatic heterocycles. The van der Waals surface area contributed by atoms with Gasteiger partial charge in [-0.3, -0.25) is 0 Å². The molecule has 18 heavy (non-hydrogen) atoms. The van der Waals surface area contributed by atoms with Crippen molar-refractivity contribution in [1.29, 1.82) is 0 Å². The van der Waals surface area contributed by atoms with E-state index in [0.29, 0.717) is 0 Å². The van der Waals surface area contributed by atoms with Crippen molar-refractivity contribution in [2.75, 3.05) is 0 Å². The lowest BCUT2D eigenvalue weighted by Crippen LogP contribution is -2.08. The second kappa shape index (κ2) is 4.97. The van der Waals surface area contributed by atoms with Crippen LogP contribution < -0.4 is 4.74 Å². The van der Waals surface area contributed by atoms with Gasteiger partial charge in [-0.05, 0) is 19.1 Å². The van der Waals surface area contributed by atoms with Crippen LogP contribution >= 0.6 is 11.3 Å². The van der Waals surface area contributed by atoms with E-state index < -0.39 is 11.7 Å². The van der Waals surface area contributed by atoms with Gasteiger partial charge in [0.05, 0.1) is 15.4 Å². The molecule has 0 aliphatic carbocycles. The molecule has 0 spiro atoms. The molecule has 96 valence electrons. The summed E-state index contributed by atoms with van der Waals surface area (Å²) >= 11 is 1.40. The average molecular weight is 273 g/mol. The first kappa shape index (κ1) is 12.9. The van der Waals surface area contributed by atoms with Gasteiger partial charge in [0.25, 0.3) is 0 Å². The number of para-hydroxylation sites is 1. The van der Waals surface area contributed by atoms with Crippen molar-refractivity contribution < 1.29 is 17.9 Å². The Bertz CT molecular complexity index is 536. The number of alkyl halides is 3. The number of halogens is 3. The van der Waals surface area contributed by atoms with Crippen LogP contribution in [0.1, 0.15) is 15.4 Å². The van der Waals surface area contributed by atoms with Crippen molar-refractivity contribution >= 4 is 11.3 Å². The number of ether oxygens (including phenoxy) is 1. The third kappa shape index (κ3) is 3.01. The third-order valence-electron chi connectivity index (χ3n) is 2.23. The third-order valence-corrected chi connectivity index (χ3v) is 3.12. The molecule has 0 saturated heterocycles. The van der Waals surface area contributed by atoms with Gasteiger partial charge in [0, 0.05) is 6.20 Å². The molecule has 0 bridgehead atoms. The number of aryl methyl sites for hydroxylation is 1. The maximum absolute atomic E-state index is 12.7. The van der Waals surface area contributed by atoms with Crippen LogP contribution in [0.4, 0.5) is 13.2 Å². The van der Waals surface area contributed by atoms with Gasteiger partial charge in [-0.2, -0.15) is 13.2 Å². The van der Waals surface area contributed by atoms with E-state index in [9.17, 15) is 13.2 Å². The number of benzene rings is 1. The SMILES string of the molecule is Cc1ncc(COc2ccccc2C(F)(F)F)s1. The molecule has 1 heterocycles. The zero-order valence-electron chi connectivity index (χ0n) is 9.49. The van der Waals surface area contributed by atoms with Crippen LogP contribution in [-0.4, -0.2) is 4.98 Å². The molecule has 1 aromatic carbocycles. The van der Waals surface area contributed by atoms with Crippen molar-refractivity contribution in [2.24, 2.45) is 0 Å². The van der Waals surface area contributed by atoms with Gasteiger partial charge < -0.3 is 4.74 Å². The molecule has 2 aromatic rings. The Kier molecular flexibility index (Phi) is 3.56. The highest BCUT2D eigenvalue weighted by Gasteiger charge is 2.33. The standard InChI is InChI=1S/C12H10F3NOS/c1-8-16-6-9(18-8)7-17-11-5-3-2-4-10(11)12(13,14)15/h2-6H,7H2,1H3.